The number of benzene rings is 1. The van der Waals surface area contributed by atoms with Crippen molar-refractivity contribution in [3.8, 4) is 0 Å². The van der Waals surface area contributed by atoms with E-state index in [1.54, 1.807) is 0 Å². The van der Waals surface area contributed by atoms with Crippen LogP contribution in [0.2, 0.25) is 5.02 Å². The third kappa shape index (κ3) is 4.45. The average Bonchev–Trinajstić information content (AvgIpc) is 2.91. The molecule has 1 aromatic carbocycles. The van der Waals surface area contributed by atoms with Gasteiger partial charge in [0.15, 0.2) is 0 Å². The first kappa shape index (κ1) is 15.8. The smallest absolute Gasteiger partial charge is 0.0710 e. The van der Waals surface area contributed by atoms with Crippen molar-refractivity contribution < 1.29 is 4.74 Å². The second-order valence-corrected chi connectivity index (χ2v) is 5.84. The normalized spacial score (nSPS) is 21.2. The van der Waals surface area contributed by atoms with Gasteiger partial charge in [-0.2, -0.15) is 0 Å². The number of hydrogen-bond acceptors (Lipinski definition) is 3. The summed E-state index contributed by atoms with van der Waals surface area (Å²) in [6.45, 7) is 6.42. The SMILES string of the molecule is CCNC(CCN1CCC(OC)C1)c1cccc(Cl)c1. The highest BCUT2D eigenvalue weighted by molar-refractivity contribution is 6.30. The third-order valence-corrected chi connectivity index (χ3v) is 4.23. The van der Waals surface area contributed by atoms with Gasteiger partial charge in [0.1, 0.15) is 0 Å². The van der Waals surface area contributed by atoms with E-state index in [1.165, 1.54) is 5.56 Å². The van der Waals surface area contributed by atoms with E-state index in [-0.39, 0.29) is 0 Å². The highest BCUT2D eigenvalue weighted by atomic mass is 35.5. The minimum atomic E-state index is 0.375. The van der Waals surface area contributed by atoms with Crippen LogP contribution < -0.4 is 5.32 Å². The van der Waals surface area contributed by atoms with Gasteiger partial charge in [-0.25, -0.2) is 0 Å². The fraction of sp³-hybridized carbons (Fsp3) is 0.625. The Hall–Kier alpha value is -0.610. The fourth-order valence-electron chi connectivity index (χ4n) is 2.86. The van der Waals surface area contributed by atoms with Gasteiger partial charge >= 0.3 is 0 Å². The zero-order valence-electron chi connectivity index (χ0n) is 12.4. The second-order valence-electron chi connectivity index (χ2n) is 5.40. The third-order valence-electron chi connectivity index (χ3n) is 4.00. The lowest BCUT2D eigenvalue weighted by Crippen LogP contribution is -2.29. The summed E-state index contributed by atoms with van der Waals surface area (Å²) in [6, 6.07) is 8.55. The molecule has 1 saturated heterocycles. The largest absolute Gasteiger partial charge is 0.380 e. The van der Waals surface area contributed by atoms with Crippen LogP contribution in [-0.4, -0.2) is 44.3 Å². The van der Waals surface area contributed by atoms with Gasteiger partial charge in [0.05, 0.1) is 6.10 Å². The number of halogens is 1. The number of methoxy groups -OCH3 is 1. The molecule has 1 fully saturated rings. The lowest BCUT2D eigenvalue weighted by Gasteiger charge is -2.22. The molecule has 0 aromatic heterocycles. The second kappa shape index (κ2) is 7.99. The van der Waals surface area contributed by atoms with Crippen molar-refractivity contribution in [1.29, 1.82) is 0 Å². The number of ether oxygens (including phenoxy) is 1. The van der Waals surface area contributed by atoms with Gasteiger partial charge in [-0.15, -0.1) is 0 Å². The first-order valence-electron chi connectivity index (χ1n) is 7.47. The Bertz CT molecular complexity index is 413. The summed E-state index contributed by atoms with van der Waals surface area (Å²) in [5.41, 5.74) is 1.28. The number of likely N-dealkylation sites (tertiary alicyclic amines) is 1. The molecule has 1 heterocycles. The summed E-state index contributed by atoms with van der Waals surface area (Å²) in [4.78, 5) is 2.49. The van der Waals surface area contributed by atoms with Crippen molar-refractivity contribution in [3.63, 3.8) is 0 Å². The molecule has 20 heavy (non-hydrogen) atoms. The van der Waals surface area contributed by atoms with E-state index in [9.17, 15) is 0 Å². The highest BCUT2D eigenvalue weighted by Gasteiger charge is 2.22. The molecule has 2 unspecified atom stereocenters. The van der Waals surface area contributed by atoms with Gasteiger partial charge in [0.25, 0.3) is 0 Å². The molecular formula is C16H25ClN2O. The van der Waals surface area contributed by atoms with Gasteiger partial charge < -0.3 is 15.0 Å². The standard InChI is InChI=1S/C16H25ClN2O/c1-3-18-16(13-5-4-6-14(17)11-13)8-10-19-9-7-15(12-19)20-2/h4-6,11,15-16,18H,3,7-10,12H2,1-2H3. The van der Waals surface area contributed by atoms with E-state index in [0.29, 0.717) is 12.1 Å². The lowest BCUT2D eigenvalue weighted by atomic mass is 10.0. The van der Waals surface area contributed by atoms with Crippen LogP contribution in [0.4, 0.5) is 0 Å². The molecule has 2 rings (SSSR count). The van der Waals surface area contributed by atoms with Crippen LogP contribution in [0.3, 0.4) is 0 Å². The molecule has 0 spiro atoms. The van der Waals surface area contributed by atoms with Gasteiger partial charge in [-0.05, 0) is 37.1 Å². The summed E-state index contributed by atoms with van der Waals surface area (Å²) >= 11 is 6.10. The molecule has 0 radical (unpaired) electrons. The molecule has 0 aliphatic carbocycles. The summed E-state index contributed by atoms with van der Waals surface area (Å²) < 4.78 is 5.42. The molecule has 2 atom stereocenters. The van der Waals surface area contributed by atoms with Gasteiger partial charge in [-0.1, -0.05) is 30.7 Å². The Labute approximate surface area is 127 Å². The summed E-state index contributed by atoms with van der Waals surface area (Å²) in [5.74, 6) is 0. The van der Waals surface area contributed by atoms with Crippen LogP contribution in [0.1, 0.15) is 31.4 Å². The van der Waals surface area contributed by atoms with E-state index in [0.717, 1.165) is 44.0 Å². The molecule has 1 aliphatic heterocycles. The van der Waals surface area contributed by atoms with Crippen LogP contribution in [0.5, 0.6) is 0 Å². The lowest BCUT2D eigenvalue weighted by molar-refractivity contribution is 0.107. The van der Waals surface area contributed by atoms with Crippen LogP contribution >= 0.6 is 11.6 Å². The maximum Gasteiger partial charge on any atom is 0.0710 e. The van der Waals surface area contributed by atoms with E-state index < -0.39 is 0 Å². The van der Waals surface area contributed by atoms with E-state index in [2.05, 4.69) is 29.3 Å². The van der Waals surface area contributed by atoms with E-state index in [4.69, 9.17) is 16.3 Å². The van der Waals surface area contributed by atoms with Crippen molar-refractivity contribution in [2.75, 3.05) is 33.3 Å². The van der Waals surface area contributed by atoms with Crippen molar-refractivity contribution in [2.24, 2.45) is 0 Å². The zero-order chi connectivity index (χ0) is 14.4. The van der Waals surface area contributed by atoms with Crippen LogP contribution in [0, 0.1) is 0 Å². The number of hydrogen-bond donors (Lipinski definition) is 1. The number of nitrogens with zero attached hydrogens (tertiary/aromatic N) is 1. The molecule has 1 aliphatic rings. The summed E-state index contributed by atoms with van der Waals surface area (Å²) in [7, 11) is 1.81. The maximum absolute atomic E-state index is 6.10. The zero-order valence-corrected chi connectivity index (χ0v) is 13.2. The van der Waals surface area contributed by atoms with Crippen LogP contribution in [-0.2, 0) is 4.74 Å². The Morgan fingerprint density at radius 2 is 2.35 bits per heavy atom. The fourth-order valence-corrected chi connectivity index (χ4v) is 3.06. The topological polar surface area (TPSA) is 24.5 Å². The predicted molar refractivity (Wildman–Crippen MR) is 84.3 cm³/mol. The molecular weight excluding hydrogens is 272 g/mol. The Balaban J connectivity index is 1.89. The molecule has 0 saturated carbocycles. The molecule has 4 heteroatoms. The summed E-state index contributed by atoms with van der Waals surface area (Å²) in [6.07, 6.45) is 2.67. The average molecular weight is 297 g/mol. The minimum Gasteiger partial charge on any atom is -0.380 e. The molecule has 1 aromatic rings. The van der Waals surface area contributed by atoms with Gasteiger partial charge in [0.2, 0.25) is 0 Å². The molecule has 1 N–H and O–H groups in total. The van der Waals surface area contributed by atoms with E-state index >= 15 is 0 Å². The number of rotatable bonds is 7. The Kier molecular flexibility index (Phi) is 6.30. The van der Waals surface area contributed by atoms with Crippen molar-refractivity contribution >= 4 is 11.6 Å². The first-order valence-corrected chi connectivity index (χ1v) is 7.84. The van der Waals surface area contributed by atoms with Gasteiger partial charge in [-0.3, -0.25) is 0 Å². The number of nitrogens with one attached hydrogen (secondary N) is 1. The van der Waals surface area contributed by atoms with Crippen molar-refractivity contribution in [2.45, 2.75) is 31.9 Å². The summed E-state index contributed by atoms with van der Waals surface area (Å²) in [5, 5.41) is 4.37. The monoisotopic (exact) mass is 296 g/mol. The molecule has 3 nitrogen and oxygen atoms in total. The Morgan fingerprint density at radius 3 is 3.00 bits per heavy atom. The first-order chi connectivity index (χ1) is 9.72. The van der Waals surface area contributed by atoms with Crippen molar-refractivity contribution in [1.82, 2.24) is 10.2 Å². The highest BCUT2D eigenvalue weighted by Crippen LogP contribution is 2.22. The predicted octanol–water partition coefficient (Wildman–Crippen LogP) is 3.10. The Morgan fingerprint density at radius 1 is 1.50 bits per heavy atom. The molecule has 112 valence electrons. The van der Waals surface area contributed by atoms with E-state index in [1.807, 2.05) is 19.2 Å². The van der Waals surface area contributed by atoms with Crippen LogP contribution in [0.25, 0.3) is 0 Å². The van der Waals surface area contributed by atoms with Crippen LogP contribution in [0.15, 0.2) is 24.3 Å². The molecule has 0 amide bonds. The van der Waals surface area contributed by atoms with Crippen molar-refractivity contribution in [3.05, 3.63) is 34.9 Å². The maximum atomic E-state index is 6.10. The van der Waals surface area contributed by atoms with Gasteiger partial charge in [0, 0.05) is 37.8 Å². The minimum absolute atomic E-state index is 0.375. The molecule has 0 bridgehead atoms. The quantitative estimate of drug-likeness (QED) is 0.837.